The molecule has 0 amide bonds. The van der Waals surface area contributed by atoms with E-state index >= 15 is 0 Å². The van der Waals surface area contributed by atoms with Crippen molar-refractivity contribution < 1.29 is 9.90 Å². The molecule has 0 radical (unpaired) electrons. The van der Waals surface area contributed by atoms with Crippen LogP contribution in [0.2, 0.25) is 0 Å². The summed E-state index contributed by atoms with van der Waals surface area (Å²) in [5, 5.41) is 12.5. The Hall–Kier alpha value is -1.13. The lowest BCUT2D eigenvalue weighted by molar-refractivity contribution is 0.0697. The largest absolute Gasteiger partial charge is 0.478 e. The van der Waals surface area contributed by atoms with E-state index in [4.69, 9.17) is 5.11 Å². The van der Waals surface area contributed by atoms with E-state index in [0.717, 1.165) is 10.4 Å². The Kier molecular flexibility index (Phi) is 2.39. The molecule has 0 spiro atoms. The summed E-state index contributed by atoms with van der Waals surface area (Å²) < 4.78 is 0. The minimum Gasteiger partial charge on any atom is -0.478 e. The molecule has 14 heavy (non-hydrogen) atoms. The predicted molar refractivity (Wildman–Crippen MR) is 59.3 cm³/mol. The van der Waals surface area contributed by atoms with Gasteiger partial charge in [0, 0.05) is 20.7 Å². The van der Waals surface area contributed by atoms with Crippen molar-refractivity contribution in [3.05, 3.63) is 33.3 Å². The molecule has 72 valence electrons. The van der Waals surface area contributed by atoms with Crippen molar-refractivity contribution >= 4 is 28.6 Å². The third kappa shape index (κ3) is 1.58. The third-order valence-electron chi connectivity index (χ3n) is 1.97. The fourth-order valence-corrected chi connectivity index (χ4v) is 2.97. The van der Waals surface area contributed by atoms with Gasteiger partial charge >= 0.3 is 5.97 Å². The second-order valence-electron chi connectivity index (χ2n) is 2.90. The van der Waals surface area contributed by atoms with E-state index in [0.29, 0.717) is 5.56 Å². The smallest absolute Gasteiger partial charge is 0.336 e. The van der Waals surface area contributed by atoms with Crippen LogP contribution in [-0.2, 0) is 0 Å². The summed E-state index contributed by atoms with van der Waals surface area (Å²) >= 11 is 3.15. The van der Waals surface area contributed by atoms with Gasteiger partial charge in [0.1, 0.15) is 0 Å². The lowest BCUT2D eigenvalue weighted by Crippen LogP contribution is -1.91. The van der Waals surface area contributed by atoms with E-state index in [1.165, 1.54) is 16.2 Å². The topological polar surface area (TPSA) is 37.3 Å². The van der Waals surface area contributed by atoms with Gasteiger partial charge in [0.25, 0.3) is 0 Å². The first kappa shape index (κ1) is 9.43. The summed E-state index contributed by atoms with van der Waals surface area (Å²) in [5.74, 6) is -0.861. The molecule has 2 aromatic heterocycles. The molecule has 0 atom stereocenters. The SMILES string of the molecule is Cc1sccc1-c1cc(C(=O)O)cs1. The third-order valence-corrected chi connectivity index (χ3v) is 3.78. The molecular formula is C10H8O2S2. The average Bonchev–Trinajstić information content (AvgIpc) is 2.71. The summed E-state index contributed by atoms with van der Waals surface area (Å²) in [7, 11) is 0. The van der Waals surface area contributed by atoms with Gasteiger partial charge in [-0.25, -0.2) is 4.79 Å². The van der Waals surface area contributed by atoms with Crippen LogP contribution >= 0.6 is 22.7 Å². The number of hydrogen-bond donors (Lipinski definition) is 1. The normalized spacial score (nSPS) is 10.4. The van der Waals surface area contributed by atoms with Crippen LogP contribution in [0.1, 0.15) is 15.2 Å². The van der Waals surface area contributed by atoms with E-state index in [-0.39, 0.29) is 0 Å². The average molecular weight is 224 g/mol. The first-order valence-electron chi connectivity index (χ1n) is 4.05. The number of rotatable bonds is 2. The van der Waals surface area contributed by atoms with Gasteiger partial charge in [0.05, 0.1) is 5.56 Å². The van der Waals surface area contributed by atoms with E-state index in [1.807, 2.05) is 18.4 Å². The van der Waals surface area contributed by atoms with Gasteiger partial charge in [-0.2, -0.15) is 0 Å². The summed E-state index contributed by atoms with van der Waals surface area (Å²) in [6, 6.07) is 3.75. The van der Waals surface area contributed by atoms with Gasteiger partial charge in [-0.05, 0) is 24.4 Å². The number of carboxylic acid groups (broad SMARTS) is 1. The molecule has 0 aliphatic carbocycles. The van der Waals surface area contributed by atoms with E-state index < -0.39 is 5.97 Å². The Bertz CT molecular complexity index is 468. The summed E-state index contributed by atoms with van der Waals surface area (Å²) in [5.41, 5.74) is 1.52. The molecule has 0 fully saturated rings. The highest BCUT2D eigenvalue weighted by molar-refractivity contribution is 7.15. The van der Waals surface area contributed by atoms with E-state index in [9.17, 15) is 4.79 Å². The molecular weight excluding hydrogens is 216 g/mol. The Morgan fingerprint density at radius 1 is 1.43 bits per heavy atom. The van der Waals surface area contributed by atoms with Crippen LogP contribution in [0, 0.1) is 6.92 Å². The van der Waals surface area contributed by atoms with Crippen molar-refractivity contribution in [2.24, 2.45) is 0 Å². The molecule has 0 aromatic carbocycles. The Labute approximate surface area is 89.5 Å². The highest BCUT2D eigenvalue weighted by atomic mass is 32.1. The summed E-state index contributed by atoms with van der Waals surface area (Å²) in [6.45, 7) is 2.04. The fraction of sp³-hybridized carbons (Fsp3) is 0.100. The molecule has 0 aliphatic rings. The first-order valence-corrected chi connectivity index (χ1v) is 5.80. The minimum atomic E-state index is -0.861. The van der Waals surface area contributed by atoms with Gasteiger partial charge < -0.3 is 5.11 Å². The van der Waals surface area contributed by atoms with Crippen LogP contribution in [0.5, 0.6) is 0 Å². The minimum absolute atomic E-state index is 0.371. The standard InChI is InChI=1S/C10H8O2S2/c1-6-8(2-3-13-6)9-4-7(5-14-9)10(11)12/h2-5H,1H3,(H,11,12). The predicted octanol–water partition coefficient (Wildman–Crippen LogP) is 3.48. The summed E-state index contributed by atoms with van der Waals surface area (Å²) in [4.78, 5) is 12.9. The van der Waals surface area contributed by atoms with Crippen molar-refractivity contribution in [3.8, 4) is 10.4 Å². The van der Waals surface area contributed by atoms with Gasteiger partial charge in [0.15, 0.2) is 0 Å². The lowest BCUT2D eigenvalue weighted by atomic mass is 10.2. The number of carbonyl (C=O) groups is 1. The first-order chi connectivity index (χ1) is 6.68. The van der Waals surface area contributed by atoms with Crippen molar-refractivity contribution in [2.45, 2.75) is 6.92 Å². The van der Waals surface area contributed by atoms with Gasteiger partial charge in [0.2, 0.25) is 0 Å². The van der Waals surface area contributed by atoms with Crippen LogP contribution in [0.25, 0.3) is 10.4 Å². The number of hydrogen-bond acceptors (Lipinski definition) is 3. The van der Waals surface area contributed by atoms with Crippen LogP contribution in [-0.4, -0.2) is 11.1 Å². The maximum Gasteiger partial charge on any atom is 0.336 e. The lowest BCUT2D eigenvalue weighted by Gasteiger charge is -1.92. The van der Waals surface area contributed by atoms with Crippen LogP contribution in [0.4, 0.5) is 0 Å². The molecule has 0 saturated carbocycles. The van der Waals surface area contributed by atoms with Crippen LogP contribution < -0.4 is 0 Å². The van der Waals surface area contributed by atoms with E-state index in [1.54, 1.807) is 22.8 Å². The highest BCUT2D eigenvalue weighted by Crippen LogP contribution is 2.32. The second-order valence-corrected chi connectivity index (χ2v) is 4.93. The molecule has 1 N–H and O–H groups in total. The number of aromatic carboxylic acids is 1. The zero-order valence-electron chi connectivity index (χ0n) is 7.48. The van der Waals surface area contributed by atoms with Gasteiger partial charge in [-0.15, -0.1) is 22.7 Å². The van der Waals surface area contributed by atoms with Gasteiger partial charge in [-0.1, -0.05) is 0 Å². The highest BCUT2D eigenvalue weighted by Gasteiger charge is 2.09. The quantitative estimate of drug-likeness (QED) is 0.847. The van der Waals surface area contributed by atoms with Crippen molar-refractivity contribution in [1.29, 1.82) is 0 Å². The Morgan fingerprint density at radius 2 is 2.21 bits per heavy atom. The maximum atomic E-state index is 10.7. The van der Waals surface area contributed by atoms with Gasteiger partial charge in [-0.3, -0.25) is 0 Å². The van der Waals surface area contributed by atoms with Crippen molar-refractivity contribution in [1.82, 2.24) is 0 Å². The van der Waals surface area contributed by atoms with Crippen LogP contribution in [0.3, 0.4) is 0 Å². The molecule has 0 unspecified atom stereocenters. The Morgan fingerprint density at radius 3 is 2.71 bits per heavy atom. The maximum absolute atomic E-state index is 10.7. The molecule has 2 rings (SSSR count). The molecule has 0 aliphatic heterocycles. The molecule has 2 nitrogen and oxygen atoms in total. The molecule has 0 bridgehead atoms. The summed E-state index contributed by atoms with van der Waals surface area (Å²) in [6.07, 6.45) is 0. The van der Waals surface area contributed by atoms with Crippen molar-refractivity contribution in [2.75, 3.05) is 0 Å². The van der Waals surface area contributed by atoms with Crippen molar-refractivity contribution in [3.63, 3.8) is 0 Å². The fourth-order valence-electron chi connectivity index (χ4n) is 1.23. The van der Waals surface area contributed by atoms with Crippen LogP contribution in [0.15, 0.2) is 22.9 Å². The number of carboxylic acids is 1. The molecule has 0 saturated heterocycles. The second kappa shape index (κ2) is 3.55. The zero-order chi connectivity index (χ0) is 10.1. The van der Waals surface area contributed by atoms with E-state index in [2.05, 4.69) is 0 Å². The number of thiophene rings is 2. The molecule has 2 heterocycles. The monoisotopic (exact) mass is 224 g/mol. The molecule has 2 aromatic rings. The molecule has 4 heteroatoms. The zero-order valence-corrected chi connectivity index (χ0v) is 9.11. The number of aryl methyl sites for hydroxylation is 1. The Balaban J connectivity index is 2.43.